The van der Waals surface area contributed by atoms with E-state index in [0.29, 0.717) is 0 Å². The summed E-state index contributed by atoms with van der Waals surface area (Å²) in [5.74, 6) is 0. The third-order valence-corrected chi connectivity index (χ3v) is 3.96. The molecular formula is C17H22AlO. The summed E-state index contributed by atoms with van der Waals surface area (Å²) in [6, 6.07) is 19.3. The average molecular weight is 269 g/mol. The van der Waals surface area contributed by atoms with Crippen molar-refractivity contribution in [3.05, 3.63) is 71.8 Å². The molecule has 1 N–H and O–H groups in total. The second-order valence-electron chi connectivity index (χ2n) is 4.33. The summed E-state index contributed by atoms with van der Waals surface area (Å²) in [5.41, 5.74) is 1.86. The lowest BCUT2D eigenvalue weighted by molar-refractivity contribution is 0.220. The monoisotopic (exact) mass is 269 g/mol. The molecule has 0 saturated heterocycles. The quantitative estimate of drug-likeness (QED) is 0.819. The number of aliphatic hydroxyl groups is 1. The Morgan fingerprint density at radius 1 is 0.789 bits per heavy atom. The number of hydrogen-bond acceptors (Lipinski definition) is 1. The largest absolute Gasteiger partial charge is 0.384 e. The standard InChI is InChI=1S/C13H12O.2C2H5.Al/c14-13(11-7-3-1-4-8-11)12-9-5-2-6-10-12;2*1-2;/h1-10,13-14H;2*1H2,2H3;. The van der Waals surface area contributed by atoms with Crippen LogP contribution in [-0.4, -0.2) is 20.3 Å². The average Bonchev–Trinajstić information content (AvgIpc) is 2.50. The van der Waals surface area contributed by atoms with Gasteiger partial charge in [-0.15, -0.1) is 10.6 Å². The molecule has 2 heteroatoms. The SMILES string of the molecule is C[CH2][Al][CH2]C.OC(c1ccccc1)c1ccccc1. The fourth-order valence-corrected chi connectivity index (χ4v) is 2.33. The summed E-state index contributed by atoms with van der Waals surface area (Å²) in [5, 5.41) is 12.8. The zero-order valence-corrected chi connectivity index (χ0v) is 12.9. The van der Waals surface area contributed by atoms with Crippen LogP contribution in [0.25, 0.3) is 0 Å². The van der Waals surface area contributed by atoms with Crippen LogP contribution in [0, 0.1) is 0 Å². The van der Waals surface area contributed by atoms with Crippen LogP contribution in [0.2, 0.25) is 10.6 Å². The number of rotatable bonds is 4. The molecule has 2 aromatic rings. The first kappa shape index (κ1) is 16.0. The Morgan fingerprint density at radius 2 is 1.16 bits per heavy atom. The summed E-state index contributed by atoms with van der Waals surface area (Å²) >= 11 is 0.815. The maximum absolute atomic E-state index is 9.99. The van der Waals surface area contributed by atoms with Gasteiger partial charge in [0, 0.05) is 0 Å². The second kappa shape index (κ2) is 9.81. The molecule has 0 aliphatic carbocycles. The second-order valence-corrected chi connectivity index (χ2v) is 6.54. The van der Waals surface area contributed by atoms with Crippen molar-refractivity contribution in [1.29, 1.82) is 0 Å². The number of hydrogen-bond donors (Lipinski definition) is 1. The lowest BCUT2D eigenvalue weighted by atomic mass is 10.0. The van der Waals surface area contributed by atoms with Gasteiger partial charge in [0.15, 0.2) is 15.2 Å². The van der Waals surface area contributed by atoms with Gasteiger partial charge in [-0.2, -0.15) is 0 Å². The molecular weight excluding hydrogens is 247 g/mol. The molecule has 2 aromatic carbocycles. The van der Waals surface area contributed by atoms with Gasteiger partial charge in [-0.1, -0.05) is 74.5 Å². The molecule has 0 bridgehead atoms. The summed E-state index contributed by atoms with van der Waals surface area (Å²) in [4.78, 5) is 0. The highest BCUT2D eigenvalue weighted by atomic mass is 27.1. The van der Waals surface area contributed by atoms with E-state index in [1.54, 1.807) is 0 Å². The lowest BCUT2D eigenvalue weighted by Gasteiger charge is -2.10. The van der Waals surface area contributed by atoms with Gasteiger partial charge in [-0.3, -0.25) is 0 Å². The van der Waals surface area contributed by atoms with E-state index in [0.717, 1.165) is 26.3 Å². The van der Waals surface area contributed by atoms with Crippen molar-refractivity contribution in [2.45, 2.75) is 30.5 Å². The smallest absolute Gasteiger partial charge is 0.198 e. The van der Waals surface area contributed by atoms with Crippen LogP contribution < -0.4 is 0 Å². The van der Waals surface area contributed by atoms with Gasteiger partial charge >= 0.3 is 0 Å². The molecule has 0 aromatic heterocycles. The van der Waals surface area contributed by atoms with E-state index < -0.39 is 6.10 Å². The minimum Gasteiger partial charge on any atom is -0.384 e. The first-order chi connectivity index (χ1) is 9.29. The van der Waals surface area contributed by atoms with E-state index in [9.17, 15) is 5.11 Å². The Kier molecular flexibility index (Phi) is 8.25. The van der Waals surface area contributed by atoms with E-state index >= 15 is 0 Å². The van der Waals surface area contributed by atoms with Crippen molar-refractivity contribution in [3.63, 3.8) is 0 Å². The molecule has 0 unspecified atom stereocenters. The topological polar surface area (TPSA) is 20.2 Å². The summed E-state index contributed by atoms with van der Waals surface area (Å²) < 4.78 is 0. The first-order valence-corrected chi connectivity index (χ1v) is 8.52. The van der Waals surface area contributed by atoms with Crippen LogP contribution in [0.3, 0.4) is 0 Å². The van der Waals surface area contributed by atoms with Gasteiger partial charge in [0.2, 0.25) is 0 Å². The minimum atomic E-state index is -0.516. The number of aliphatic hydroxyl groups excluding tert-OH is 1. The van der Waals surface area contributed by atoms with Crippen molar-refractivity contribution in [2.75, 3.05) is 0 Å². The van der Waals surface area contributed by atoms with E-state index in [-0.39, 0.29) is 0 Å². The molecule has 0 saturated carbocycles. The van der Waals surface area contributed by atoms with E-state index in [4.69, 9.17) is 0 Å². The van der Waals surface area contributed by atoms with E-state index in [1.807, 2.05) is 60.7 Å². The summed E-state index contributed by atoms with van der Waals surface area (Å²) in [6.45, 7) is 4.50. The van der Waals surface area contributed by atoms with Crippen LogP contribution in [-0.2, 0) is 0 Å². The Balaban J connectivity index is 0.000000312. The third kappa shape index (κ3) is 6.07. The van der Waals surface area contributed by atoms with Crippen LogP contribution in [0.5, 0.6) is 0 Å². The van der Waals surface area contributed by atoms with Gasteiger partial charge in [0.1, 0.15) is 6.10 Å². The molecule has 99 valence electrons. The molecule has 0 atom stereocenters. The zero-order valence-electron chi connectivity index (χ0n) is 11.8. The highest BCUT2D eigenvalue weighted by molar-refractivity contribution is 6.34. The first-order valence-electron chi connectivity index (χ1n) is 6.89. The van der Waals surface area contributed by atoms with Crippen molar-refractivity contribution in [3.8, 4) is 0 Å². The molecule has 0 fully saturated rings. The fourth-order valence-electron chi connectivity index (χ4n) is 1.75. The van der Waals surface area contributed by atoms with E-state index in [1.165, 1.54) is 10.6 Å². The van der Waals surface area contributed by atoms with Crippen LogP contribution in [0.1, 0.15) is 31.1 Å². The van der Waals surface area contributed by atoms with Crippen LogP contribution in [0.4, 0.5) is 0 Å². The van der Waals surface area contributed by atoms with Crippen molar-refractivity contribution >= 4 is 15.2 Å². The molecule has 19 heavy (non-hydrogen) atoms. The van der Waals surface area contributed by atoms with Gasteiger partial charge in [0.05, 0.1) is 0 Å². The molecule has 1 nitrogen and oxygen atoms in total. The maximum Gasteiger partial charge on any atom is 0.198 e. The van der Waals surface area contributed by atoms with Crippen LogP contribution in [0.15, 0.2) is 60.7 Å². The Morgan fingerprint density at radius 3 is 1.42 bits per heavy atom. The molecule has 0 aliphatic heterocycles. The molecule has 0 heterocycles. The number of benzene rings is 2. The maximum atomic E-state index is 9.99. The minimum absolute atomic E-state index is 0.516. The fraction of sp³-hybridized carbons (Fsp3) is 0.294. The predicted octanol–water partition coefficient (Wildman–Crippen LogP) is 4.34. The zero-order chi connectivity index (χ0) is 13.9. The van der Waals surface area contributed by atoms with Gasteiger partial charge < -0.3 is 5.11 Å². The van der Waals surface area contributed by atoms with Crippen molar-refractivity contribution < 1.29 is 5.11 Å². The van der Waals surface area contributed by atoms with Gasteiger partial charge in [-0.25, -0.2) is 0 Å². The molecule has 2 rings (SSSR count). The van der Waals surface area contributed by atoms with E-state index in [2.05, 4.69) is 13.8 Å². The summed E-state index contributed by atoms with van der Waals surface area (Å²) in [6.07, 6.45) is -0.516. The van der Waals surface area contributed by atoms with Gasteiger partial charge in [0.25, 0.3) is 0 Å². The van der Waals surface area contributed by atoms with Gasteiger partial charge in [-0.05, 0) is 11.1 Å². The molecule has 0 aliphatic rings. The highest BCUT2D eigenvalue weighted by Gasteiger charge is 2.07. The highest BCUT2D eigenvalue weighted by Crippen LogP contribution is 2.20. The molecule has 0 amide bonds. The Labute approximate surface area is 123 Å². The molecule has 0 spiro atoms. The Bertz CT molecular complexity index is 386. The van der Waals surface area contributed by atoms with Crippen molar-refractivity contribution in [2.24, 2.45) is 0 Å². The summed E-state index contributed by atoms with van der Waals surface area (Å²) in [7, 11) is 0. The van der Waals surface area contributed by atoms with Crippen LogP contribution >= 0.6 is 0 Å². The predicted molar refractivity (Wildman–Crippen MR) is 83.7 cm³/mol. The normalized spacial score (nSPS) is 9.68. The Hall–Kier alpha value is -1.07. The molecule has 1 radical (unpaired) electrons. The lowest BCUT2D eigenvalue weighted by Crippen LogP contribution is -1.98. The van der Waals surface area contributed by atoms with Crippen molar-refractivity contribution in [1.82, 2.24) is 0 Å². The third-order valence-electron chi connectivity index (χ3n) is 2.81.